The zero-order chi connectivity index (χ0) is 17.1. The Bertz CT molecular complexity index is 1000. The molecule has 4 aromatic rings. The minimum absolute atomic E-state index is 0.0358. The number of aromatic nitrogens is 2. The summed E-state index contributed by atoms with van der Waals surface area (Å²) < 4.78 is 0. The smallest absolute Gasteiger partial charge is 0.228 e. The number of rotatable bonds is 4. The summed E-state index contributed by atoms with van der Waals surface area (Å²) in [6.45, 7) is 0. The zero-order valence-corrected chi connectivity index (χ0v) is 13.6. The molecule has 1 amide bonds. The van der Waals surface area contributed by atoms with Crippen LogP contribution >= 0.6 is 0 Å². The van der Waals surface area contributed by atoms with E-state index in [0.29, 0.717) is 6.42 Å². The Kier molecular flexibility index (Phi) is 4.01. The van der Waals surface area contributed by atoms with E-state index in [-0.39, 0.29) is 5.91 Å². The Morgan fingerprint density at radius 1 is 0.920 bits per heavy atom. The van der Waals surface area contributed by atoms with E-state index in [9.17, 15) is 4.79 Å². The number of H-pyrrole nitrogens is 1. The van der Waals surface area contributed by atoms with Gasteiger partial charge in [0, 0.05) is 11.1 Å². The van der Waals surface area contributed by atoms with E-state index in [1.54, 1.807) is 6.20 Å². The lowest BCUT2D eigenvalue weighted by molar-refractivity contribution is -0.115. The first-order chi connectivity index (χ1) is 12.3. The Morgan fingerprint density at radius 3 is 2.48 bits per heavy atom. The molecule has 0 unspecified atom stereocenters. The quantitative estimate of drug-likeness (QED) is 0.583. The third kappa shape index (κ3) is 3.43. The second-order valence-corrected chi connectivity index (χ2v) is 5.96. The minimum atomic E-state index is -0.0358. The molecule has 0 aliphatic heterocycles. The highest BCUT2D eigenvalue weighted by Gasteiger charge is 2.06. The highest BCUT2D eigenvalue weighted by molar-refractivity contribution is 5.94. The summed E-state index contributed by atoms with van der Waals surface area (Å²) in [4.78, 5) is 12.3. The molecule has 122 valence electrons. The average Bonchev–Trinajstić information content (AvgIpc) is 3.11. The van der Waals surface area contributed by atoms with Crippen LogP contribution in [0.4, 0.5) is 5.69 Å². The van der Waals surface area contributed by atoms with Crippen molar-refractivity contribution in [2.24, 2.45) is 0 Å². The average molecular weight is 327 g/mol. The number of carbonyl (C=O) groups excluding carboxylic acids is 1. The highest BCUT2D eigenvalue weighted by atomic mass is 16.1. The van der Waals surface area contributed by atoms with Crippen molar-refractivity contribution >= 4 is 22.5 Å². The second-order valence-electron chi connectivity index (χ2n) is 5.96. The number of nitrogens with zero attached hydrogens (tertiary/aromatic N) is 1. The maximum absolute atomic E-state index is 12.3. The van der Waals surface area contributed by atoms with E-state index in [1.165, 1.54) is 5.56 Å². The van der Waals surface area contributed by atoms with Crippen molar-refractivity contribution < 1.29 is 4.79 Å². The van der Waals surface area contributed by atoms with Crippen LogP contribution in [0.1, 0.15) is 5.56 Å². The van der Waals surface area contributed by atoms with Gasteiger partial charge in [-0.3, -0.25) is 9.89 Å². The molecule has 4 heteroatoms. The number of hydrogen-bond acceptors (Lipinski definition) is 2. The lowest BCUT2D eigenvalue weighted by atomic mass is 10.0. The third-order valence-corrected chi connectivity index (χ3v) is 4.15. The fourth-order valence-corrected chi connectivity index (χ4v) is 2.85. The number of benzene rings is 3. The van der Waals surface area contributed by atoms with Crippen molar-refractivity contribution in [3.63, 3.8) is 0 Å². The molecule has 1 heterocycles. The SMILES string of the molecule is O=C(Cc1ccc(-c2ccccc2)cc1)Nc1ccc2cn[nH]c2c1. The maximum atomic E-state index is 12.3. The number of hydrogen-bond donors (Lipinski definition) is 2. The van der Waals surface area contributed by atoms with Crippen molar-refractivity contribution in [2.45, 2.75) is 6.42 Å². The molecule has 1 aromatic heterocycles. The summed E-state index contributed by atoms with van der Waals surface area (Å²) in [6, 6.07) is 24.0. The van der Waals surface area contributed by atoms with Gasteiger partial charge in [0.05, 0.1) is 18.1 Å². The molecule has 0 fully saturated rings. The van der Waals surface area contributed by atoms with Gasteiger partial charge >= 0.3 is 0 Å². The monoisotopic (exact) mass is 327 g/mol. The Morgan fingerprint density at radius 2 is 1.68 bits per heavy atom. The van der Waals surface area contributed by atoms with Crippen LogP contribution in [0.15, 0.2) is 79.0 Å². The predicted molar refractivity (Wildman–Crippen MR) is 100 cm³/mol. The van der Waals surface area contributed by atoms with Gasteiger partial charge in [-0.05, 0) is 34.9 Å². The molecule has 25 heavy (non-hydrogen) atoms. The van der Waals surface area contributed by atoms with Gasteiger partial charge in [0.15, 0.2) is 0 Å². The molecule has 4 rings (SSSR count). The van der Waals surface area contributed by atoms with Crippen LogP contribution in [0.5, 0.6) is 0 Å². The van der Waals surface area contributed by atoms with E-state index < -0.39 is 0 Å². The molecule has 0 spiro atoms. The van der Waals surface area contributed by atoms with Gasteiger partial charge in [-0.1, -0.05) is 54.6 Å². The molecule has 0 aliphatic rings. The number of amides is 1. The highest BCUT2D eigenvalue weighted by Crippen LogP contribution is 2.20. The zero-order valence-electron chi connectivity index (χ0n) is 13.6. The number of fused-ring (bicyclic) bond motifs is 1. The van der Waals surface area contributed by atoms with Crippen LogP contribution < -0.4 is 5.32 Å². The summed E-state index contributed by atoms with van der Waals surface area (Å²) in [7, 11) is 0. The fourth-order valence-electron chi connectivity index (χ4n) is 2.85. The number of aromatic amines is 1. The molecular formula is C21H17N3O. The first kappa shape index (κ1) is 15.1. The fraction of sp³-hybridized carbons (Fsp3) is 0.0476. The Labute approximate surface area is 145 Å². The first-order valence-electron chi connectivity index (χ1n) is 8.15. The summed E-state index contributed by atoms with van der Waals surface area (Å²) >= 11 is 0. The molecule has 0 bridgehead atoms. The predicted octanol–water partition coefficient (Wildman–Crippen LogP) is 4.41. The molecule has 0 atom stereocenters. The number of anilines is 1. The molecule has 0 saturated heterocycles. The van der Waals surface area contributed by atoms with Crippen LogP contribution in [-0.2, 0) is 11.2 Å². The second kappa shape index (κ2) is 6.61. The normalized spacial score (nSPS) is 10.7. The van der Waals surface area contributed by atoms with Crippen molar-refractivity contribution in [1.82, 2.24) is 10.2 Å². The molecule has 4 nitrogen and oxygen atoms in total. The maximum Gasteiger partial charge on any atom is 0.228 e. The summed E-state index contributed by atoms with van der Waals surface area (Å²) in [6.07, 6.45) is 2.10. The van der Waals surface area contributed by atoms with Crippen LogP contribution in [0, 0.1) is 0 Å². The number of carbonyl (C=O) groups is 1. The van der Waals surface area contributed by atoms with Gasteiger partial charge in [-0.2, -0.15) is 5.10 Å². The van der Waals surface area contributed by atoms with Gasteiger partial charge in [-0.15, -0.1) is 0 Å². The first-order valence-corrected chi connectivity index (χ1v) is 8.15. The van der Waals surface area contributed by atoms with Crippen molar-refractivity contribution in [3.05, 3.63) is 84.6 Å². The van der Waals surface area contributed by atoms with Crippen LogP contribution in [-0.4, -0.2) is 16.1 Å². The topological polar surface area (TPSA) is 57.8 Å². The van der Waals surface area contributed by atoms with E-state index in [0.717, 1.165) is 27.7 Å². The van der Waals surface area contributed by atoms with Crippen LogP contribution in [0.25, 0.3) is 22.0 Å². The summed E-state index contributed by atoms with van der Waals surface area (Å²) in [5.74, 6) is -0.0358. The Hall–Kier alpha value is -3.40. The van der Waals surface area contributed by atoms with Crippen molar-refractivity contribution in [1.29, 1.82) is 0 Å². The van der Waals surface area contributed by atoms with Gasteiger partial charge in [-0.25, -0.2) is 0 Å². The molecule has 0 saturated carbocycles. The summed E-state index contributed by atoms with van der Waals surface area (Å²) in [5, 5.41) is 10.8. The molecule has 2 N–H and O–H groups in total. The molecule has 0 radical (unpaired) electrons. The molecule has 3 aromatic carbocycles. The Balaban J connectivity index is 1.43. The summed E-state index contributed by atoms with van der Waals surface area (Å²) in [5.41, 5.74) is 4.98. The van der Waals surface area contributed by atoms with Gasteiger partial charge < -0.3 is 5.32 Å². The van der Waals surface area contributed by atoms with E-state index in [4.69, 9.17) is 0 Å². The van der Waals surface area contributed by atoms with Crippen molar-refractivity contribution in [3.8, 4) is 11.1 Å². The van der Waals surface area contributed by atoms with Crippen LogP contribution in [0.3, 0.4) is 0 Å². The third-order valence-electron chi connectivity index (χ3n) is 4.15. The molecular weight excluding hydrogens is 310 g/mol. The van der Waals surface area contributed by atoms with E-state index in [2.05, 4.69) is 39.8 Å². The van der Waals surface area contributed by atoms with Crippen molar-refractivity contribution in [2.75, 3.05) is 5.32 Å². The largest absolute Gasteiger partial charge is 0.326 e. The van der Waals surface area contributed by atoms with Crippen LogP contribution in [0.2, 0.25) is 0 Å². The lowest BCUT2D eigenvalue weighted by Gasteiger charge is -2.07. The van der Waals surface area contributed by atoms with E-state index in [1.807, 2.05) is 48.5 Å². The number of nitrogens with one attached hydrogen (secondary N) is 2. The van der Waals surface area contributed by atoms with Gasteiger partial charge in [0.25, 0.3) is 0 Å². The van der Waals surface area contributed by atoms with Gasteiger partial charge in [0.2, 0.25) is 5.91 Å². The molecule has 0 aliphatic carbocycles. The lowest BCUT2D eigenvalue weighted by Crippen LogP contribution is -2.14. The van der Waals surface area contributed by atoms with E-state index >= 15 is 0 Å². The standard InChI is InChI=1S/C21H17N3O/c25-21(23-19-11-10-18-14-22-24-20(18)13-19)12-15-6-8-17(9-7-15)16-4-2-1-3-5-16/h1-11,13-14H,12H2,(H,22,24)(H,23,25). The van der Waals surface area contributed by atoms with Gasteiger partial charge in [0.1, 0.15) is 0 Å². The minimum Gasteiger partial charge on any atom is -0.326 e.